The minimum Gasteiger partial charge on any atom is -0.462 e. The molecule has 0 radical (unpaired) electrons. The Hall–Kier alpha value is -1.12. The molecule has 0 aliphatic heterocycles. The van der Waals surface area contributed by atoms with Crippen molar-refractivity contribution in [1.82, 2.24) is 0 Å². The number of esters is 1. The van der Waals surface area contributed by atoms with Gasteiger partial charge in [0.1, 0.15) is 6.10 Å². The SMILES string of the molecule is CCCCCCCC(=O)O[C@H]1CC[C@@H]2[C@]1(C)CC[C@@H]1[C@H]3CCC(=O)C=C3CC[C@@]21C. The van der Waals surface area contributed by atoms with Crippen LogP contribution in [0, 0.1) is 28.6 Å². The quantitative estimate of drug-likeness (QED) is 0.340. The number of ether oxygens (including phenoxy) is 1. The molecule has 0 bridgehead atoms. The first-order valence-electron chi connectivity index (χ1n) is 12.8. The molecular weight excluding hydrogens is 372 g/mol. The maximum absolute atomic E-state index is 12.6. The van der Waals surface area contributed by atoms with Gasteiger partial charge in [-0.15, -0.1) is 0 Å². The van der Waals surface area contributed by atoms with Crippen LogP contribution in [0.3, 0.4) is 0 Å². The second-order valence-corrected chi connectivity index (χ2v) is 11.3. The highest BCUT2D eigenvalue weighted by Gasteiger charge is 2.62. The monoisotopic (exact) mass is 414 g/mol. The highest BCUT2D eigenvalue weighted by molar-refractivity contribution is 5.91. The zero-order valence-electron chi connectivity index (χ0n) is 19.5. The van der Waals surface area contributed by atoms with Crippen LogP contribution in [0.4, 0.5) is 0 Å². The Kier molecular flexibility index (Phi) is 6.47. The lowest BCUT2D eigenvalue weighted by Crippen LogP contribution is -2.54. The van der Waals surface area contributed by atoms with Gasteiger partial charge in [0.2, 0.25) is 0 Å². The lowest BCUT2D eigenvalue weighted by molar-refractivity contribution is -0.164. The number of hydrogen-bond acceptors (Lipinski definition) is 3. The smallest absolute Gasteiger partial charge is 0.306 e. The van der Waals surface area contributed by atoms with Gasteiger partial charge in [0.25, 0.3) is 0 Å². The van der Waals surface area contributed by atoms with Gasteiger partial charge < -0.3 is 4.74 Å². The molecule has 3 heteroatoms. The normalized spacial score (nSPS) is 40.2. The summed E-state index contributed by atoms with van der Waals surface area (Å²) >= 11 is 0. The second kappa shape index (κ2) is 8.79. The fourth-order valence-electron chi connectivity index (χ4n) is 7.98. The average molecular weight is 415 g/mol. The Bertz CT molecular complexity index is 694. The van der Waals surface area contributed by atoms with E-state index >= 15 is 0 Å². The molecule has 0 aromatic heterocycles. The van der Waals surface area contributed by atoms with E-state index in [2.05, 4.69) is 20.8 Å². The highest BCUT2D eigenvalue weighted by atomic mass is 16.5. The van der Waals surface area contributed by atoms with Gasteiger partial charge in [0.15, 0.2) is 5.78 Å². The number of carbonyl (C=O) groups excluding carboxylic acids is 2. The summed E-state index contributed by atoms with van der Waals surface area (Å²) in [5.41, 5.74) is 1.91. The molecule has 168 valence electrons. The van der Waals surface area contributed by atoms with Crippen LogP contribution in [0.25, 0.3) is 0 Å². The van der Waals surface area contributed by atoms with Crippen molar-refractivity contribution in [2.75, 3.05) is 0 Å². The van der Waals surface area contributed by atoms with Crippen molar-refractivity contribution in [1.29, 1.82) is 0 Å². The number of unbranched alkanes of at least 4 members (excludes halogenated alkanes) is 4. The molecule has 6 atom stereocenters. The molecule has 0 N–H and O–H groups in total. The Morgan fingerprint density at radius 3 is 2.60 bits per heavy atom. The first-order chi connectivity index (χ1) is 14.4. The standard InChI is InChI=1S/C27H42O3/c1-4-5-6-7-8-9-25(29)30-24-13-12-23-26(2)16-14-19-18-20(28)10-11-21(19)22(26)15-17-27(23,24)3/h18,21-24H,4-17H2,1-3H3/t21-,22+,23-,24-,26+,27-/m0/s1. The molecule has 0 heterocycles. The molecule has 30 heavy (non-hydrogen) atoms. The van der Waals surface area contributed by atoms with E-state index in [1.54, 1.807) is 0 Å². The molecule has 4 aliphatic rings. The third kappa shape index (κ3) is 3.91. The van der Waals surface area contributed by atoms with Crippen LogP contribution in [0.15, 0.2) is 11.6 Å². The van der Waals surface area contributed by atoms with Gasteiger partial charge in [-0.3, -0.25) is 9.59 Å². The predicted octanol–water partition coefficient (Wildman–Crippen LogP) is 6.79. The molecule has 0 aromatic carbocycles. The maximum Gasteiger partial charge on any atom is 0.306 e. The lowest BCUT2D eigenvalue weighted by Gasteiger charge is -2.59. The van der Waals surface area contributed by atoms with Crippen molar-refractivity contribution in [2.45, 2.75) is 117 Å². The molecule has 4 rings (SSSR count). The lowest BCUT2D eigenvalue weighted by atomic mass is 9.45. The van der Waals surface area contributed by atoms with E-state index in [9.17, 15) is 9.59 Å². The molecule has 0 saturated heterocycles. The molecular formula is C27H42O3. The van der Waals surface area contributed by atoms with E-state index in [0.29, 0.717) is 35.4 Å². The Labute approximate surface area is 183 Å². The molecule has 3 saturated carbocycles. The zero-order valence-corrected chi connectivity index (χ0v) is 19.5. The van der Waals surface area contributed by atoms with E-state index in [4.69, 9.17) is 4.74 Å². The number of hydrogen-bond donors (Lipinski definition) is 0. The van der Waals surface area contributed by atoms with E-state index in [0.717, 1.165) is 38.5 Å². The van der Waals surface area contributed by atoms with Gasteiger partial charge >= 0.3 is 5.97 Å². The predicted molar refractivity (Wildman–Crippen MR) is 120 cm³/mol. The molecule has 4 aliphatic carbocycles. The fraction of sp³-hybridized carbons (Fsp3) is 0.852. The Morgan fingerprint density at radius 2 is 1.80 bits per heavy atom. The van der Waals surface area contributed by atoms with E-state index in [1.165, 1.54) is 50.5 Å². The first-order valence-corrected chi connectivity index (χ1v) is 12.8. The Morgan fingerprint density at radius 1 is 1.00 bits per heavy atom. The van der Waals surface area contributed by atoms with Crippen LogP contribution in [-0.2, 0) is 14.3 Å². The number of allylic oxidation sites excluding steroid dienone is 1. The van der Waals surface area contributed by atoms with Gasteiger partial charge in [0.05, 0.1) is 0 Å². The number of ketones is 1. The molecule has 3 nitrogen and oxygen atoms in total. The van der Waals surface area contributed by atoms with Crippen molar-refractivity contribution in [2.24, 2.45) is 28.6 Å². The third-order valence-electron chi connectivity index (χ3n) is 9.61. The average Bonchev–Trinajstić information content (AvgIpc) is 3.05. The van der Waals surface area contributed by atoms with Crippen molar-refractivity contribution in [3.63, 3.8) is 0 Å². The van der Waals surface area contributed by atoms with Crippen LogP contribution in [-0.4, -0.2) is 17.9 Å². The van der Waals surface area contributed by atoms with Gasteiger partial charge in [-0.25, -0.2) is 0 Å². The van der Waals surface area contributed by atoms with Gasteiger partial charge in [0, 0.05) is 18.3 Å². The van der Waals surface area contributed by atoms with Crippen molar-refractivity contribution in [3.05, 3.63) is 11.6 Å². The minimum atomic E-state index is 0.0327. The summed E-state index contributed by atoms with van der Waals surface area (Å²) in [6.45, 7) is 7.17. The largest absolute Gasteiger partial charge is 0.462 e. The molecule has 3 fully saturated rings. The summed E-state index contributed by atoms with van der Waals surface area (Å²) in [5, 5.41) is 0. The summed E-state index contributed by atoms with van der Waals surface area (Å²) in [6, 6.07) is 0. The second-order valence-electron chi connectivity index (χ2n) is 11.3. The first kappa shape index (κ1) is 22.1. The molecule has 0 amide bonds. The van der Waals surface area contributed by atoms with Crippen molar-refractivity contribution < 1.29 is 14.3 Å². The third-order valence-corrected chi connectivity index (χ3v) is 9.61. The molecule has 0 unspecified atom stereocenters. The van der Waals surface area contributed by atoms with Gasteiger partial charge in [-0.1, -0.05) is 52.0 Å². The van der Waals surface area contributed by atoms with E-state index in [-0.39, 0.29) is 17.5 Å². The number of fused-ring (bicyclic) bond motifs is 5. The summed E-state index contributed by atoms with van der Waals surface area (Å²) in [7, 11) is 0. The summed E-state index contributed by atoms with van der Waals surface area (Å²) in [6.07, 6.45) is 17.3. The van der Waals surface area contributed by atoms with Crippen LogP contribution >= 0.6 is 0 Å². The van der Waals surface area contributed by atoms with E-state index in [1.807, 2.05) is 6.08 Å². The van der Waals surface area contributed by atoms with Crippen molar-refractivity contribution in [3.8, 4) is 0 Å². The van der Waals surface area contributed by atoms with Gasteiger partial charge in [-0.2, -0.15) is 0 Å². The Balaban J connectivity index is 1.40. The zero-order chi connectivity index (χ0) is 21.4. The van der Waals surface area contributed by atoms with Crippen LogP contribution < -0.4 is 0 Å². The van der Waals surface area contributed by atoms with Crippen LogP contribution in [0.1, 0.15) is 111 Å². The van der Waals surface area contributed by atoms with Crippen LogP contribution in [0.5, 0.6) is 0 Å². The molecule has 0 aromatic rings. The molecule has 0 spiro atoms. The number of rotatable bonds is 7. The van der Waals surface area contributed by atoms with E-state index < -0.39 is 0 Å². The highest BCUT2D eigenvalue weighted by Crippen LogP contribution is 2.67. The summed E-state index contributed by atoms with van der Waals surface area (Å²) < 4.78 is 6.14. The number of carbonyl (C=O) groups is 2. The van der Waals surface area contributed by atoms with Crippen molar-refractivity contribution >= 4 is 11.8 Å². The fourth-order valence-corrected chi connectivity index (χ4v) is 7.98. The maximum atomic E-state index is 12.6. The minimum absolute atomic E-state index is 0.0327. The topological polar surface area (TPSA) is 43.4 Å². The van der Waals surface area contributed by atoms with Crippen LogP contribution in [0.2, 0.25) is 0 Å². The van der Waals surface area contributed by atoms with Gasteiger partial charge in [-0.05, 0) is 80.6 Å². The summed E-state index contributed by atoms with van der Waals surface area (Å²) in [4.78, 5) is 24.5. The summed E-state index contributed by atoms with van der Waals surface area (Å²) in [5.74, 6) is 2.34.